The standard InChI is InChI=1S/C13H20N2O3.ClH/c1-3-13(14-9-16)7-11(13)12(17)18-10-5-6-15(4-2)8-10;/h3,9-11H,1,4-8H2,2H3,(H,14,16);1H/t10-,11?,13-;/m1./s1. The number of halogens is 1. The van der Waals surface area contributed by atoms with Crippen molar-refractivity contribution in [3.63, 3.8) is 0 Å². The van der Waals surface area contributed by atoms with Gasteiger partial charge in [0.2, 0.25) is 6.41 Å². The van der Waals surface area contributed by atoms with Crippen molar-refractivity contribution in [3.8, 4) is 0 Å². The average molecular weight is 289 g/mol. The maximum atomic E-state index is 12.0. The first-order valence-corrected chi connectivity index (χ1v) is 6.43. The Labute approximate surface area is 119 Å². The van der Waals surface area contributed by atoms with Crippen LogP contribution in [0.3, 0.4) is 0 Å². The van der Waals surface area contributed by atoms with Crippen molar-refractivity contribution in [1.29, 1.82) is 0 Å². The first-order valence-electron chi connectivity index (χ1n) is 6.43. The molecule has 2 rings (SSSR count). The van der Waals surface area contributed by atoms with Gasteiger partial charge in [0, 0.05) is 13.1 Å². The third-order valence-corrected chi connectivity index (χ3v) is 3.94. The summed E-state index contributed by atoms with van der Waals surface area (Å²) < 4.78 is 5.49. The van der Waals surface area contributed by atoms with E-state index in [0.717, 1.165) is 26.1 Å². The summed E-state index contributed by atoms with van der Waals surface area (Å²) in [6, 6.07) is 0. The fourth-order valence-electron chi connectivity index (χ4n) is 2.55. The van der Waals surface area contributed by atoms with E-state index >= 15 is 0 Å². The van der Waals surface area contributed by atoms with Crippen molar-refractivity contribution < 1.29 is 14.3 Å². The van der Waals surface area contributed by atoms with Gasteiger partial charge in [-0.25, -0.2) is 0 Å². The predicted molar refractivity (Wildman–Crippen MR) is 74.1 cm³/mol. The van der Waals surface area contributed by atoms with Gasteiger partial charge in [0.15, 0.2) is 0 Å². The molecule has 6 heteroatoms. The summed E-state index contributed by atoms with van der Waals surface area (Å²) in [5, 5.41) is 2.65. The zero-order chi connectivity index (χ0) is 13.2. The topological polar surface area (TPSA) is 58.6 Å². The number of likely N-dealkylation sites (N-methyl/N-ethyl adjacent to an activating group) is 1. The molecule has 108 valence electrons. The van der Waals surface area contributed by atoms with Crippen molar-refractivity contribution in [2.45, 2.75) is 31.4 Å². The molecule has 1 heterocycles. The van der Waals surface area contributed by atoms with E-state index in [-0.39, 0.29) is 30.4 Å². The highest BCUT2D eigenvalue weighted by Crippen LogP contribution is 2.45. The second kappa shape index (κ2) is 6.39. The Morgan fingerprint density at radius 3 is 2.89 bits per heavy atom. The summed E-state index contributed by atoms with van der Waals surface area (Å²) in [6.07, 6.45) is 3.73. The van der Waals surface area contributed by atoms with Gasteiger partial charge in [-0.1, -0.05) is 13.0 Å². The lowest BCUT2D eigenvalue weighted by molar-refractivity contribution is -0.150. The minimum atomic E-state index is -0.568. The molecule has 2 aliphatic rings. The van der Waals surface area contributed by atoms with E-state index in [4.69, 9.17) is 4.74 Å². The number of carbonyl (C=O) groups excluding carboxylic acids is 2. The summed E-state index contributed by atoms with van der Waals surface area (Å²) in [5.74, 6) is -0.483. The van der Waals surface area contributed by atoms with Crippen LogP contribution in [0.15, 0.2) is 12.7 Å². The maximum Gasteiger partial charge on any atom is 0.312 e. The largest absolute Gasteiger partial charge is 0.461 e. The van der Waals surface area contributed by atoms with Gasteiger partial charge in [-0.15, -0.1) is 19.0 Å². The fraction of sp³-hybridized carbons (Fsp3) is 0.692. The molecule has 1 saturated heterocycles. The fourth-order valence-corrected chi connectivity index (χ4v) is 2.55. The van der Waals surface area contributed by atoms with E-state index in [1.807, 2.05) is 0 Å². The number of esters is 1. The SMILES string of the molecule is C=C[C@@]1(NC=O)CC1C(=O)O[C@@H]1CCN(CC)C1.Cl. The zero-order valence-corrected chi connectivity index (χ0v) is 11.9. The molecule has 3 atom stereocenters. The van der Waals surface area contributed by atoms with Crippen LogP contribution in [0.2, 0.25) is 0 Å². The monoisotopic (exact) mass is 288 g/mol. The summed E-state index contributed by atoms with van der Waals surface area (Å²) >= 11 is 0. The van der Waals surface area contributed by atoms with Crippen LogP contribution in [-0.4, -0.2) is 48.6 Å². The molecule has 0 aromatic rings. The molecule has 0 aromatic heterocycles. The second-order valence-corrected chi connectivity index (χ2v) is 5.00. The van der Waals surface area contributed by atoms with Crippen LogP contribution in [0.5, 0.6) is 0 Å². The van der Waals surface area contributed by atoms with Crippen LogP contribution in [0.1, 0.15) is 19.8 Å². The molecule has 0 spiro atoms. The van der Waals surface area contributed by atoms with Crippen molar-refractivity contribution in [1.82, 2.24) is 10.2 Å². The lowest BCUT2D eigenvalue weighted by atomic mass is 10.2. The zero-order valence-electron chi connectivity index (χ0n) is 11.1. The summed E-state index contributed by atoms with van der Waals surface area (Å²) in [6.45, 7) is 8.55. The Kier molecular flexibility index (Phi) is 5.38. The van der Waals surface area contributed by atoms with Crippen LogP contribution in [0, 0.1) is 5.92 Å². The van der Waals surface area contributed by atoms with Gasteiger partial charge in [0.25, 0.3) is 0 Å². The number of hydrogen-bond acceptors (Lipinski definition) is 4. The number of carbonyl (C=O) groups is 2. The lowest BCUT2D eigenvalue weighted by Gasteiger charge is -2.15. The quantitative estimate of drug-likeness (QED) is 0.445. The molecule has 0 bridgehead atoms. The van der Waals surface area contributed by atoms with Gasteiger partial charge in [-0.05, 0) is 19.4 Å². The molecule has 1 aliphatic heterocycles. The predicted octanol–water partition coefficient (Wildman–Crippen LogP) is 0.736. The van der Waals surface area contributed by atoms with E-state index in [0.29, 0.717) is 12.8 Å². The van der Waals surface area contributed by atoms with Crippen molar-refractivity contribution in [3.05, 3.63) is 12.7 Å². The van der Waals surface area contributed by atoms with E-state index in [1.165, 1.54) is 0 Å². The van der Waals surface area contributed by atoms with Crippen LogP contribution in [-0.2, 0) is 14.3 Å². The number of hydrogen-bond donors (Lipinski definition) is 1. The third-order valence-electron chi connectivity index (χ3n) is 3.94. The molecule has 0 radical (unpaired) electrons. The number of amides is 1. The van der Waals surface area contributed by atoms with Crippen molar-refractivity contribution >= 4 is 24.8 Å². The summed E-state index contributed by atoms with van der Waals surface area (Å²) in [5.41, 5.74) is -0.568. The highest BCUT2D eigenvalue weighted by molar-refractivity contribution is 5.85. The third kappa shape index (κ3) is 3.28. The Bertz CT molecular complexity index is 364. The average Bonchev–Trinajstić information content (AvgIpc) is 2.92. The van der Waals surface area contributed by atoms with Crippen molar-refractivity contribution in [2.75, 3.05) is 19.6 Å². The molecule has 1 unspecified atom stereocenters. The molecular formula is C13H21ClN2O3. The minimum absolute atomic E-state index is 0. The minimum Gasteiger partial charge on any atom is -0.461 e. The molecule has 0 aromatic carbocycles. The van der Waals surface area contributed by atoms with Crippen LogP contribution < -0.4 is 5.32 Å². The van der Waals surface area contributed by atoms with E-state index < -0.39 is 5.54 Å². The Morgan fingerprint density at radius 1 is 1.63 bits per heavy atom. The van der Waals surface area contributed by atoms with Gasteiger partial charge in [-0.2, -0.15) is 0 Å². The number of likely N-dealkylation sites (tertiary alicyclic amines) is 1. The highest BCUT2D eigenvalue weighted by Gasteiger charge is 2.57. The molecule has 19 heavy (non-hydrogen) atoms. The van der Waals surface area contributed by atoms with Crippen molar-refractivity contribution in [2.24, 2.45) is 5.92 Å². The van der Waals surface area contributed by atoms with Gasteiger partial charge in [-0.3, -0.25) is 14.5 Å². The van der Waals surface area contributed by atoms with E-state index in [1.54, 1.807) is 6.08 Å². The van der Waals surface area contributed by atoms with Crippen LogP contribution >= 0.6 is 12.4 Å². The molecule has 1 aliphatic carbocycles. The van der Waals surface area contributed by atoms with Gasteiger partial charge >= 0.3 is 5.97 Å². The Balaban J connectivity index is 0.00000180. The first-order chi connectivity index (χ1) is 8.65. The summed E-state index contributed by atoms with van der Waals surface area (Å²) in [7, 11) is 0. The number of ether oxygens (including phenoxy) is 1. The van der Waals surface area contributed by atoms with Gasteiger partial charge in [0.1, 0.15) is 6.10 Å². The molecule has 1 N–H and O–H groups in total. The Hall–Kier alpha value is -1.07. The Morgan fingerprint density at radius 2 is 2.37 bits per heavy atom. The van der Waals surface area contributed by atoms with Crippen LogP contribution in [0.25, 0.3) is 0 Å². The molecular weight excluding hydrogens is 268 g/mol. The van der Waals surface area contributed by atoms with Crippen LogP contribution in [0.4, 0.5) is 0 Å². The van der Waals surface area contributed by atoms with E-state index in [2.05, 4.69) is 23.7 Å². The highest BCUT2D eigenvalue weighted by atomic mass is 35.5. The lowest BCUT2D eigenvalue weighted by Crippen LogP contribution is -2.33. The molecule has 1 saturated carbocycles. The summed E-state index contributed by atoms with van der Waals surface area (Å²) in [4.78, 5) is 24.7. The van der Waals surface area contributed by atoms with Gasteiger partial charge in [0.05, 0.1) is 11.5 Å². The number of rotatable bonds is 6. The second-order valence-electron chi connectivity index (χ2n) is 5.00. The first kappa shape index (κ1) is 16.0. The van der Waals surface area contributed by atoms with E-state index in [9.17, 15) is 9.59 Å². The molecule has 2 fully saturated rings. The van der Waals surface area contributed by atoms with Gasteiger partial charge < -0.3 is 10.1 Å². The molecule has 1 amide bonds. The molecule has 5 nitrogen and oxygen atoms in total. The smallest absolute Gasteiger partial charge is 0.312 e. The maximum absolute atomic E-state index is 12.0. The number of nitrogens with one attached hydrogen (secondary N) is 1. The normalized spacial score (nSPS) is 33.1. The number of nitrogens with zero attached hydrogens (tertiary/aromatic N) is 1.